The number of Topliss-reactive ketones (excluding diaryl/α,β-unsaturated/α-hetero) is 1. The van der Waals surface area contributed by atoms with E-state index in [9.17, 15) is 10.1 Å². The Morgan fingerprint density at radius 3 is 2.65 bits per heavy atom. The van der Waals surface area contributed by atoms with Gasteiger partial charge >= 0.3 is 0 Å². The number of hydrogen-bond acceptors (Lipinski definition) is 5. The summed E-state index contributed by atoms with van der Waals surface area (Å²) in [5.41, 5.74) is 2.06. The van der Waals surface area contributed by atoms with Gasteiger partial charge in [-0.15, -0.1) is 0 Å². The van der Waals surface area contributed by atoms with Crippen LogP contribution in [-0.2, 0) is 0 Å². The SMILES string of the molecule is N#CC(=Cc1cnc(N2CCCC2)nc1)C(=O)c1c[nH]c2ccccc12. The molecule has 0 saturated carbocycles. The first-order valence-corrected chi connectivity index (χ1v) is 8.56. The Bertz CT molecular complexity index is 1020. The van der Waals surface area contributed by atoms with Crippen LogP contribution in [0.5, 0.6) is 0 Å². The van der Waals surface area contributed by atoms with Gasteiger partial charge in [-0.3, -0.25) is 4.79 Å². The lowest BCUT2D eigenvalue weighted by Crippen LogP contribution is -2.20. The number of nitrogens with zero attached hydrogens (tertiary/aromatic N) is 4. The van der Waals surface area contributed by atoms with Gasteiger partial charge in [0.05, 0.1) is 0 Å². The van der Waals surface area contributed by atoms with Gasteiger partial charge in [-0.1, -0.05) is 18.2 Å². The van der Waals surface area contributed by atoms with Crippen molar-refractivity contribution in [2.45, 2.75) is 12.8 Å². The Morgan fingerprint density at radius 1 is 1.19 bits per heavy atom. The highest BCUT2D eigenvalue weighted by Gasteiger charge is 2.17. The molecule has 0 amide bonds. The Kier molecular flexibility index (Phi) is 4.20. The van der Waals surface area contributed by atoms with Gasteiger partial charge < -0.3 is 9.88 Å². The van der Waals surface area contributed by atoms with Crippen LogP contribution >= 0.6 is 0 Å². The van der Waals surface area contributed by atoms with Crippen molar-refractivity contribution < 1.29 is 4.79 Å². The number of H-pyrrole nitrogens is 1. The summed E-state index contributed by atoms with van der Waals surface area (Å²) in [6.45, 7) is 1.94. The van der Waals surface area contributed by atoms with E-state index in [0.717, 1.165) is 36.8 Å². The number of para-hydroxylation sites is 1. The molecule has 3 aromatic rings. The fraction of sp³-hybridized carbons (Fsp3) is 0.200. The minimum absolute atomic E-state index is 0.0623. The molecule has 6 heteroatoms. The van der Waals surface area contributed by atoms with Gasteiger partial charge in [0, 0.05) is 53.7 Å². The summed E-state index contributed by atoms with van der Waals surface area (Å²) in [5, 5.41) is 10.3. The Balaban J connectivity index is 1.62. The Morgan fingerprint density at radius 2 is 1.92 bits per heavy atom. The number of fused-ring (bicyclic) bond motifs is 1. The highest BCUT2D eigenvalue weighted by atomic mass is 16.1. The number of aromatic nitrogens is 3. The van der Waals surface area contributed by atoms with Crippen molar-refractivity contribution in [3.63, 3.8) is 0 Å². The second-order valence-corrected chi connectivity index (χ2v) is 6.26. The van der Waals surface area contributed by atoms with Crippen molar-refractivity contribution in [1.82, 2.24) is 15.0 Å². The minimum Gasteiger partial charge on any atom is -0.360 e. The smallest absolute Gasteiger partial charge is 0.225 e. The van der Waals surface area contributed by atoms with E-state index in [0.29, 0.717) is 17.1 Å². The molecule has 6 nitrogen and oxygen atoms in total. The molecule has 26 heavy (non-hydrogen) atoms. The van der Waals surface area contributed by atoms with Crippen LogP contribution in [-0.4, -0.2) is 33.8 Å². The maximum absolute atomic E-state index is 12.8. The van der Waals surface area contributed by atoms with Crippen LogP contribution in [0.3, 0.4) is 0 Å². The summed E-state index contributed by atoms with van der Waals surface area (Å²) in [4.78, 5) is 26.7. The van der Waals surface area contributed by atoms with Crippen LogP contribution in [0.1, 0.15) is 28.8 Å². The van der Waals surface area contributed by atoms with Crippen LogP contribution in [0, 0.1) is 11.3 Å². The van der Waals surface area contributed by atoms with Crippen LogP contribution in [0.2, 0.25) is 0 Å². The van der Waals surface area contributed by atoms with Crippen LogP contribution < -0.4 is 4.90 Å². The molecular formula is C20H17N5O. The summed E-state index contributed by atoms with van der Waals surface area (Å²) < 4.78 is 0. The van der Waals surface area contributed by atoms with Crippen molar-refractivity contribution >= 4 is 28.7 Å². The average molecular weight is 343 g/mol. The van der Waals surface area contributed by atoms with Gasteiger partial charge in [0.1, 0.15) is 11.6 Å². The highest BCUT2D eigenvalue weighted by molar-refractivity contribution is 6.19. The van der Waals surface area contributed by atoms with Gasteiger partial charge in [-0.05, 0) is 25.0 Å². The molecule has 0 aliphatic carbocycles. The van der Waals surface area contributed by atoms with Crippen molar-refractivity contribution in [1.29, 1.82) is 5.26 Å². The number of allylic oxidation sites excluding steroid dienone is 1. The molecule has 0 unspecified atom stereocenters. The van der Waals surface area contributed by atoms with E-state index in [-0.39, 0.29) is 11.4 Å². The monoisotopic (exact) mass is 343 g/mol. The third-order valence-electron chi connectivity index (χ3n) is 4.56. The molecule has 1 aromatic carbocycles. The van der Waals surface area contributed by atoms with E-state index in [1.54, 1.807) is 18.6 Å². The fourth-order valence-corrected chi connectivity index (χ4v) is 3.21. The number of carbonyl (C=O) groups excluding carboxylic acids is 1. The highest BCUT2D eigenvalue weighted by Crippen LogP contribution is 2.22. The van der Waals surface area contributed by atoms with E-state index in [4.69, 9.17) is 0 Å². The standard InChI is InChI=1S/C20H17N5O/c21-10-15(19(26)17-13-22-18-6-2-1-5-16(17)18)9-14-11-23-20(24-12-14)25-7-3-4-8-25/h1-2,5-6,9,11-13,22H,3-4,7-8H2. The fourth-order valence-electron chi connectivity index (χ4n) is 3.21. The minimum atomic E-state index is -0.312. The van der Waals surface area contributed by atoms with Gasteiger partial charge in [0.2, 0.25) is 11.7 Å². The van der Waals surface area contributed by atoms with Crippen LogP contribution in [0.15, 0.2) is 48.4 Å². The van der Waals surface area contributed by atoms with Gasteiger partial charge in [-0.25, -0.2) is 9.97 Å². The number of rotatable bonds is 4. The number of hydrogen-bond donors (Lipinski definition) is 1. The predicted octanol–water partition coefficient (Wildman–Crippen LogP) is 3.35. The molecule has 0 spiro atoms. The number of aromatic amines is 1. The summed E-state index contributed by atoms with van der Waals surface area (Å²) >= 11 is 0. The zero-order valence-electron chi connectivity index (χ0n) is 14.1. The normalized spacial score (nSPS) is 14.6. The van der Waals surface area contributed by atoms with Crippen molar-refractivity contribution in [3.05, 3.63) is 59.6 Å². The molecule has 1 aliphatic heterocycles. The maximum atomic E-state index is 12.8. The molecule has 3 heterocycles. The zero-order chi connectivity index (χ0) is 17.9. The number of carbonyl (C=O) groups is 1. The molecule has 0 atom stereocenters. The van der Waals surface area contributed by atoms with E-state index >= 15 is 0 Å². The van der Waals surface area contributed by atoms with Crippen molar-refractivity contribution in [3.8, 4) is 6.07 Å². The molecule has 4 rings (SSSR count). The summed E-state index contributed by atoms with van der Waals surface area (Å²) in [7, 11) is 0. The third-order valence-corrected chi connectivity index (χ3v) is 4.56. The van der Waals surface area contributed by atoms with Crippen molar-refractivity contribution in [2.24, 2.45) is 0 Å². The molecule has 1 N–H and O–H groups in total. The molecular weight excluding hydrogens is 326 g/mol. The molecule has 2 aromatic heterocycles. The van der Waals surface area contributed by atoms with Crippen molar-refractivity contribution in [2.75, 3.05) is 18.0 Å². The van der Waals surface area contributed by atoms with Gasteiger partial charge in [0.15, 0.2) is 0 Å². The first-order valence-electron chi connectivity index (χ1n) is 8.56. The second-order valence-electron chi connectivity index (χ2n) is 6.26. The lowest BCUT2D eigenvalue weighted by Gasteiger charge is -2.14. The average Bonchev–Trinajstić information content (AvgIpc) is 3.36. The molecule has 0 bridgehead atoms. The lowest BCUT2D eigenvalue weighted by atomic mass is 10.0. The molecule has 1 saturated heterocycles. The predicted molar refractivity (Wildman–Crippen MR) is 99.7 cm³/mol. The third kappa shape index (κ3) is 2.95. The van der Waals surface area contributed by atoms with E-state index in [1.165, 1.54) is 6.08 Å². The number of anilines is 1. The Hall–Kier alpha value is -3.46. The summed E-state index contributed by atoms with van der Waals surface area (Å²) in [6.07, 6.45) is 8.80. The first-order chi connectivity index (χ1) is 12.8. The first kappa shape index (κ1) is 16.0. The number of nitriles is 1. The largest absolute Gasteiger partial charge is 0.360 e. The summed E-state index contributed by atoms with van der Waals surface area (Å²) in [5.74, 6) is 0.384. The molecule has 1 fully saturated rings. The number of ketones is 1. The maximum Gasteiger partial charge on any atom is 0.225 e. The van der Waals surface area contributed by atoms with Gasteiger partial charge in [0.25, 0.3) is 0 Å². The molecule has 1 aliphatic rings. The van der Waals surface area contributed by atoms with E-state index in [2.05, 4.69) is 19.9 Å². The topological polar surface area (TPSA) is 85.7 Å². The van der Waals surface area contributed by atoms with E-state index in [1.807, 2.05) is 30.3 Å². The van der Waals surface area contributed by atoms with Gasteiger partial charge in [-0.2, -0.15) is 5.26 Å². The number of nitrogens with one attached hydrogen (secondary N) is 1. The Labute approximate surface area is 150 Å². The molecule has 0 radical (unpaired) electrons. The zero-order valence-corrected chi connectivity index (χ0v) is 14.1. The lowest BCUT2D eigenvalue weighted by molar-refractivity contribution is 0.104. The molecule has 128 valence electrons. The number of benzene rings is 1. The second kappa shape index (κ2) is 6.81. The quantitative estimate of drug-likeness (QED) is 0.446. The van der Waals surface area contributed by atoms with Crippen LogP contribution in [0.4, 0.5) is 5.95 Å². The summed E-state index contributed by atoms with van der Waals surface area (Å²) in [6, 6.07) is 9.53. The van der Waals surface area contributed by atoms with E-state index < -0.39 is 0 Å². The van der Waals surface area contributed by atoms with Crippen LogP contribution in [0.25, 0.3) is 17.0 Å².